The van der Waals surface area contributed by atoms with E-state index in [4.69, 9.17) is 0 Å². The number of rotatable bonds is 3. The lowest BCUT2D eigenvalue weighted by molar-refractivity contribution is 0.499. The van der Waals surface area contributed by atoms with Crippen molar-refractivity contribution in [3.8, 4) is 33.4 Å². The smallest absolute Gasteiger partial charge is 0.167 e. The molecule has 0 heterocycles. The van der Waals surface area contributed by atoms with Gasteiger partial charge in [-0.25, -0.2) is 17.6 Å². The first-order valence-corrected chi connectivity index (χ1v) is 9.47. The molecule has 0 atom stereocenters. The molecule has 0 aliphatic rings. The molecule has 0 nitrogen and oxygen atoms in total. The summed E-state index contributed by atoms with van der Waals surface area (Å²) in [6.07, 6.45) is 0. The zero-order valence-electron chi connectivity index (χ0n) is 16.4. The number of halogens is 4. The van der Waals surface area contributed by atoms with Crippen LogP contribution in [0, 0.1) is 37.1 Å². The van der Waals surface area contributed by atoms with Crippen molar-refractivity contribution >= 4 is 0 Å². The topological polar surface area (TPSA) is 0 Å². The van der Waals surface area contributed by atoms with Crippen LogP contribution in [0.1, 0.15) is 11.1 Å². The minimum absolute atomic E-state index is 0.0553. The quantitative estimate of drug-likeness (QED) is 0.304. The van der Waals surface area contributed by atoms with E-state index in [-0.39, 0.29) is 22.3 Å². The molecule has 4 aromatic rings. The lowest BCUT2D eigenvalue weighted by Crippen LogP contribution is -1.98. The molecule has 0 saturated carbocycles. The van der Waals surface area contributed by atoms with Gasteiger partial charge < -0.3 is 0 Å². The lowest BCUT2D eigenvalue weighted by Gasteiger charge is -2.11. The Morgan fingerprint density at radius 1 is 0.400 bits per heavy atom. The summed E-state index contributed by atoms with van der Waals surface area (Å²) in [7, 11) is 0. The van der Waals surface area contributed by atoms with Crippen LogP contribution in [-0.2, 0) is 0 Å². The summed E-state index contributed by atoms with van der Waals surface area (Å²) in [4.78, 5) is 0. The molecule has 0 aromatic heterocycles. The summed E-state index contributed by atoms with van der Waals surface area (Å²) in [5.74, 6) is -4.57. The minimum Gasteiger partial charge on any atom is -0.203 e. The van der Waals surface area contributed by atoms with E-state index in [2.05, 4.69) is 0 Å². The van der Waals surface area contributed by atoms with E-state index in [1.807, 2.05) is 43.3 Å². The van der Waals surface area contributed by atoms with Gasteiger partial charge in [-0.3, -0.25) is 0 Å². The first-order valence-electron chi connectivity index (χ1n) is 9.47. The molecule has 4 aromatic carbocycles. The summed E-state index contributed by atoms with van der Waals surface area (Å²) in [5, 5.41) is 0. The molecular weight excluding hydrogens is 388 g/mol. The van der Waals surface area contributed by atoms with E-state index < -0.39 is 23.3 Å². The highest BCUT2D eigenvalue weighted by atomic mass is 19.2. The third-order valence-electron chi connectivity index (χ3n) is 5.23. The predicted octanol–water partition coefficient (Wildman–Crippen LogP) is 7.86. The third kappa shape index (κ3) is 3.50. The van der Waals surface area contributed by atoms with Crippen molar-refractivity contribution < 1.29 is 17.6 Å². The van der Waals surface area contributed by atoms with E-state index in [1.54, 1.807) is 12.1 Å². The monoisotopic (exact) mass is 406 g/mol. The molecule has 0 bridgehead atoms. The van der Waals surface area contributed by atoms with E-state index in [1.165, 1.54) is 31.2 Å². The Kier molecular flexibility index (Phi) is 5.17. The maximum Gasteiger partial charge on any atom is 0.167 e. The molecule has 0 unspecified atom stereocenters. The highest BCUT2D eigenvalue weighted by Crippen LogP contribution is 2.34. The Morgan fingerprint density at radius 3 is 1.40 bits per heavy atom. The molecule has 30 heavy (non-hydrogen) atoms. The van der Waals surface area contributed by atoms with Crippen LogP contribution >= 0.6 is 0 Å². The van der Waals surface area contributed by atoms with Gasteiger partial charge in [0, 0.05) is 16.7 Å². The molecule has 0 aliphatic heterocycles. The molecule has 4 rings (SSSR count). The molecule has 0 saturated heterocycles. The number of benzene rings is 4. The van der Waals surface area contributed by atoms with E-state index in [0.717, 1.165) is 16.7 Å². The second kappa shape index (κ2) is 7.79. The van der Waals surface area contributed by atoms with E-state index in [9.17, 15) is 17.6 Å². The second-order valence-corrected chi connectivity index (χ2v) is 7.29. The Morgan fingerprint density at radius 2 is 0.800 bits per heavy atom. The second-order valence-electron chi connectivity index (χ2n) is 7.29. The summed E-state index contributed by atoms with van der Waals surface area (Å²) >= 11 is 0. The van der Waals surface area contributed by atoms with Gasteiger partial charge in [-0.05, 0) is 36.1 Å². The van der Waals surface area contributed by atoms with Crippen molar-refractivity contribution in [2.75, 3.05) is 0 Å². The van der Waals surface area contributed by atoms with Gasteiger partial charge in [-0.15, -0.1) is 0 Å². The first kappa shape index (κ1) is 19.9. The van der Waals surface area contributed by atoms with Gasteiger partial charge >= 0.3 is 0 Å². The average Bonchev–Trinajstić information content (AvgIpc) is 2.75. The van der Waals surface area contributed by atoms with Crippen LogP contribution in [0.3, 0.4) is 0 Å². The average molecular weight is 406 g/mol. The predicted molar refractivity (Wildman–Crippen MR) is 112 cm³/mol. The Hall–Kier alpha value is -3.40. The summed E-state index contributed by atoms with van der Waals surface area (Å²) in [6, 6.07) is 20.3. The van der Waals surface area contributed by atoms with Crippen molar-refractivity contribution in [3.05, 3.63) is 107 Å². The molecule has 0 radical (unpaired) electrons. The van der Waals surface area contributed by atoms with Gasteiger partial charge in [0.25, 0.3) is 0 Å². The number of aryl methyl sites for hydroxylation is 2. The van der Waals surface area contributed by atoms with Gasteiger partial charge in [0.2, 0.25) is 0 Å². The van der Waals surface area contributed by atoms with Gasteiger partial charge in [0.1, 0.15) is 0 Å². The third-order valence-corrected chi connectivity index (χ3v) is 5.23. The van der Waals surface area contributed by atoms with Crippen molar-refractivity contribution in [3.63, 3.8) is 0 Å². The fourth-order valence-electron chi connectivity index (χ4n) is 3.42. The molecule has 0 aliphatic carbocycles. The van der Waals surface area contributed by atoms with Crippen LogP contribution in [-0.4, -0.2) is 0 Å². The maximum absolute atomic E-state index is 14.8. The van der Waals surface area contributed by atoms with Crippen molar-refractivity contribution in [2.24, 2.45) is 0 Å². The van der Waals surface area contributed by atoms with Crippen molar-refractivity contribution in [1.29, 1.82) is 0 Å². The summed E-state index contributed by atoms with van der Waals surface area (Å²) < 4.78 is 57.7. The number of hydrogen-bond donors (Lipinski definition) is 0. The Balaban J connectivity index is 1.72. The van der Waals surface area contributed by atoms with Gasteiger partial charge in [-0.2, -0.15) is 0 Å². The highest BCUT2D eigenvalue weighted by Gasteiger charge is 2.20. The molecule has 0 fully saturated rings. The minimum atomic E-state index is -1.21. The largest absolute Gasteiger partial charge is 0.203 e. The first-order chi connectivity index (χ1) is 14.4. The fourth-order valence-corrected chi connectivity index (χ4v) is 3.42. The van der Waals surface area contributed by atoms with Crippen LogP contribution in [0.5, 0.6) is 0 Å². The van der Waals surface area contributed by atoms with Gasteiger partial charge in [0.05, 0.1) is 0 Å². The van der Waals surface area contributed by atoms with Crippen LogP contribution < -0.4 is 0 Å². The van der Waals surface area contributed by atoms with E-state index >= 15 is 0 Å². The maximum atomic E-state index is 14.8. The molecule has 0 N–H and O–H groups in total. The van der Waals surface area contributed by atoms with E-state index in [0.29, 0.717) is 5.56 Å². The van der Waals surface area contributed by atoms with Crippen molar-refractivity contribution in [2.45, 2.75) is 13.8 Å². The Labute approximate surface area is 172 Å². The molecule has 4 heteroatoms. The zero-order valence-corrected chi connectivity index (χ0v) is 16.4. The number of hydrogen-bond acceptors (Lipinski definition) is 0. The van der Waals surface area contributed by atoms with Gasteiger partial charge in [0.15, 0.2) is 23.3 Å². The lowest BCUT2D eigenvalue weighted by atomic mass is 9.96. The summed E-state index contributed by atoms with van der Waals surface area (Å²) in [5.41, 5.74) is 3.14. The van der Waals surface area contributed by atoms with Crippen LogP contribution in [0.25, 0.3) is 33.4 Å². The zero-order chi connectivity index (χ0) is 21.4. The highest BCUT2D eigenvalue weighted by molar-refractivity contribution is 5.74. The fraction of sp³-hybridized carbons (Fsp3) is 0.0769. The Bertz CT molecular complexity index is 1220. The standard InChI is InChI=1S/C26H18F4/c1-15-3-6-17(7-4-15)18-8-10-19(11-9-18)20-13-14-22(26(30)24(20)28)21-12-5-16(2)23(27)25(21)29/h3-14H,1-2H3. The van der Waals surface area contributed by atoms with Crippen LogP contribution in [0.2, 0.25) is 0 Å². The van der Waals surface area contributed by atoms with Crippen molar-refractivity contribution in [1.82, 2.24) is 0 Å². The van der Waals surface area contributed by atoms with Gasteiger partial charge in [-0.1, -0.05) is 78.4 Å². The van der Waals surface area contributed by atoms with Crippen LogP contribution in [0.4, 0.5) is 17.6 Å². The molecule has 150 valence electrons. The van der Waals surface area contributed by atoms with Crippen LogP contribution in [0.15, 0.2) is 72.8 Å². The molecule has 0 spiro atoms. The summed E-state index contributed by atoms with van der Waals surface area (Å²) in [6.45, 7) is 3.41. The normalized spacial score (nSPS) is 11.0. The SMILES string of the molecule is Cc1ccc(-c2ccc(-c3ccc(-c4ccc(C)c(F)c4F)c(F)c3F)cc2)cc1. The molecule has 0 amide bonds. The molecular formula is C26H18F4.